The zero-order valence-electron chi connectivity index (χ0n) is 14.0. The molecule has 2 heterocycles. The highest BCUT2D eigenvalue weighted by Crippen LogP contribution is 2.33. The number of nitrogens with one attached hydrogen (secondary N) is 1. The van der Waals surface area contributed by atoms with E-state index < -0.39 is 11.7 Å². The number of fused-ring (bicyclic) bond motifs is 1. The summed E-state index contributed by atoms with van der Waals surface area (Å²) in [5.74, 6) is -0.344. The number of halogens is 4. The zero-order chi connectivity index (χ0) is 19.6. The minimum absolute atomic E-state index is 0.0375. The van der Waals surface area contributed by atoms with Gasteiger partial charge >= 0.3 is 6.18 Å². The Labute approximate surface area is 161 Å². The van der Waals surface area contributed by atoms with Crippen molar-refractivity contribution < 1.29 is 18.0 Å². The summed E-state index contributed by atoms with van der Waals surface area (Å²) in [5, 5.41) is 10.3. The van der Waals surface area contributed by atoms with Gasteiger partial charge in [0, 0.05) is 11.9 Å². The lowest BCUT2D eigenvalue weighted by Gasteiger charge is -2.09. The molecule has 1 N–H and O–H groups in total. The van der Waals surface area contributed by atoms with Gasteiger partial charge in [-0.05, 0) is 30.2 Å². The largest absolute Gasteiger partial charge is 0.417 e. The van der Waals surface area contributed by atoms with Crippen LogP contribution in [0.15, 0.2) is 41.7 Å². The molecular formula is C17H14ClF3N4OS. The van der Waals surface area contributed by atoms with E-state index in [2.05, 4.69) is 15.5 Å². The molecule has 0 atom stereocenters. The quantitative estimate of drug-likeness (QED) is 0.615. The predicted octanol–water partition coefficient (Wildman–Crippen LogP) is 4.69. The molecule has 142 valence electrons. The number of pyridine rings is 1. The smallest absolute Gasteiger partial charge is 0.325 e. The van der Waals surface area contributed by atoms with E-state index in [0.717, 1.165) is 40.4 Å². The lowest BCUT2D eigenvalue weighted by atomic mass is 10.1. The van der Waals surface area contributed by atoms with Crippen molar-refractivity contribution in [2.75, 3.05) is 11.1 Å². The fourth-order valence-electron chi connectivity index (χ4n) is 2.34. The second-order valence-corrected chi connectivity index (χ2v) is 6.99. The van der Waals surface area contributed by atoms with Crippen LogP contribution in [0.5, 0.6) is 0 Å². The highest BCUT2D eigenvalue weighted by molar-refractivity contribution is 7.99. The molecule has 0 aliphatic carbocycles. The Morgan fingerprint density at radius 3 is 2.59 bits per heavy atom. The number of aryl methyl sites for hydroxylation is 1. The number of hydrogen-bond acceptors (Lipinski definition) is 4. The van der Waals surface area contributed by atoms with E-state index in [9.17, 15) is 18.0 Å². The summed E-state index contributed by atoms with van der Waals surface area (Å²) < 4.78 is 40.0. The van der Waals surface area contributed by atoms with Gasteiger partial charge in [0.05, 0.1) is 16.3 Å². The molecule has 0 aliphatic heterocycles. The first-order chi connectivity index (χ1) is 12.8. The molecule has 27 heavy (non-hydrogen) atoms. The van der Waals surface area contributed by atoms with Crippen molar-refractivity contribution in [3.63, 3.8) is 0 Å². The van der Waals surface area contributed by atoms with Gasteiger partial charge in [-0.15, -0.1) is 10.2 Å². The molecule has 2 aromatic heterocycles. The predicted molar refractivity (Wildman–Crippen MR) is 98.2 cm³/mol. The molecule has 0 unspecified atom stereocenters. The van der Waals surface area contributed by atoms with Crippen LogP contribution in [0.4, 0.5) is 18.9 Å². The van der Waals surface area contributed by atoms with Crippen molar-refractivity contribution in [2.45, 2.75) is 24.7 Å². The minimum Gasteiger partial charge on any atom is -0.325 e. The number of benzene rings is 1. The van der Waals surface area contributed by atoms with Crippen LogP contribution in [0.2, 0.25) is 5.02 Å². The summed E-state index contributed by atoms with van der Waals surface area (Å²) in [5.41, 5.74) is 0.978. The van der Waals surface area contributed by atoms with Crippen LogP contribution in [0.25, 0.3) is 5.65 Å². The Bertz CT molecular complexity index is 973. The van der Waals surface area contributed by atoms with Crippen molar-refractivity contribution >= 4 is 40.6 Å². The van der Waals surface area contributed by atoms with E-state index in [1.54, 1.807) is 12.1 Å². The monoisotopic (exact) mass is 414 g/mol. The Hall–Kier alpha value is -2.26. The molecule has 5 nitrogen and oxygen atoms in total. The summed E-state index contributed by atoms with van der Waals surface area (Å²) in [6, 6.07) is 8.21. The first-order valence-electron chi connectivity index (χ1n) is 7.91. The summed E-state index contributed by atoms with van der Waals surface area (Å²) in [6.07, 6.45) is -2.79. The molecule has 0 radical (unpaired) electrons. The zero-order valence-corrected chi connectivity index (χ0v) is 15.6. The Kier molecular flexibility index (Phi) is 5.61. The number of hydrogen-bond donors (Lipinski definition) is 1. The number of aromatic nitrogens is 3. The van der Waals surface area contributed by atoms with Gasteiger partial charge in [-0.3, -0.25) is 9.20 Å². The molecule has 0 fully saturated rings. The van der Waals surface area contributed by atoms with Gasteiger partial charge in [0.1, 0.15) is 0 Å². The van der Waals surface area contributed by atoms with Gasteiger partial charge in [-0.2, -0.15) is 13.2 Å². The number of carbonyl (C=O) groups is 1. The Morgan fingerprint density at radius 1 is 1.26 bits per heavy atom. The molecule has 0 aliphatic rings. The Balaban J connectivity index is 1.72. The standard InChI is InChI=1S/C17H14ClF3N4OS/c1-2-10-3-5-12(6-4-10)22-14(26)9-27-16-24-23-15-13(18)7-11(8-25(15)16)17(19,20)21/h3-8H,2,9H2,1H3,(H,22,26). The third-order valence-corrected chi connectivity index (χ3v) is 4.96. The van der Waals surface area contributed by atoms with Crippen molar-refractivity contribution in [3.8, 4) is 0 Å². The third kappa shape index (κ3) is 4.54. The highest BCUT2D eigenvalue weighted by Gasteiger charge is 2.32. The summed E-state index contributed by atoms with van der Waals surface area (Å²) in [6.45, 7) is 2.03. The van der Waals surface area contributed by atoms with E-state index in [1.165, 1.54) is 0 Å². The molecule has 3 rings (SSSR count). The van der Waals surface area contributed by atoms with Crippen molar-refractivity contribution in [2.24, 2.45) is 0 Å². The molecule has 0 saturated carbocycles. The van der Waals surface area contributed by atoms with Gasteiger partial charge in [-0.1, -0.05) is 42.4 Å². The van der Waals surface area contributed by atoms with E-state index >= 15 is 0 Å². The van der Waals surface area contributed by atoms with Gasteiger partial charge < -0.3 is 5.32 Å². The minimum atomic E-state index is -4.55. The lowest BCUT2D eigenvalue weighted by Crippen LogP contribution is -2.14. The Morgan fingerprint density at radius 2 is 1.96 bits per heavy atom. The fourth-order valence-corrected chi connectivity index (χ4v) is 3.29. The molecule has 3 aromatic rings. The maximum Gasteiger partial charge on any atom is 0.417 e. The summed E-state index contributed by atoms with van der Waals surface area (Å²) >= 11 is 6.84. The van der Waals surface area contributed by atoms with Crippen LogP contribution < -0.4 is 5.32 Å². The van der Waals surface area contributed by atoms with Crippen molar-refractivity contribution in [3.05, 3.63) is 52.7 Å². The highest BCUT2D eigenvalue weighted by atomic mass is 35.5. The normalized spacial score (nSPS) is 11.7. The number of thioether (sulfide) groups is 1. The number of carbonyl (C=O) groups excluding carboxylic acids is 1. The first kappa shape index (κ1) is 19.5. The molecule has 0 saturated heterocycles. The molecule has 1 amide bonds. The maximum atomic E-state index is 13.0. The van der Waals surface area contributed by atoms with Gasteiger partial charge in [0.2, 0.25) is 5.91 Å². The number of anilines is 1. The first-order valence-corrected chi connectivity index (χ1v) is 9.27. The van der Waals surface area contributed by atoms with Gasteiger partial charge in [0.25, 0.3) is 0 Å². The molecule has 0 bridgehead atoms. The average molecular weight is 415 g/mol. The van der Waals surface area contributed by atoms with Crippen LogP contribution in [0.3, 0.4) is 0 Å². The van der Waals surface area contributed by atoms with Gasteiger partial charge in [-0.25, -0.2) is 0 Å². The second kappa shape index (κ2) is 7.77. The number of alkyl halides is 3. The van der Waals surface area contributed by atoms with E-state index in [1.807, 2.05) is 19.1 Å². The second-order valence-electron chi connectivity index (χ2n) is 5.64. The topological polar surface area (TPSA) is 59.3 Å². The van der Waals surface area contributed by atoms with Crippen LogP contribution in [0.1, 0.15) is 18.1 Å². The molecule has 0 spiro atoms. The molecular weight excluding hydrogens is 401 g/mol. The number of rotatable bonds is 5. The van der Waals surface area contributed by atoms with Crippen LogP contribution in [0, 0.1) is 0 Å². The van der Waals surface area contributed by atoms with Crippen LogP contribution in [-0.2, 0) is 17.4 Å². The van der Waals surface area contributed by atoms with Gasteiger partial charge in [0.15, 0.2) is 10.8 Å². The average Bonchev–Trinajstić information content (AvgIpc) is 3.03. The summed E-state index contributed by atoms with van der Waals surface area (Å²) in [7, 11) is 0. The molecule has 10 heteroatoms. The third-order valence-electron chi connectivity index (χ3n) is 3.73. The number of nitrogens with zero attached hydrogens (tertiary/aromatic N) is 3. The number of amides is 1. The SMILES string of the molecule is CCc1ccc(NC(=O)CSc2nnc3c(Cl)cc(C(F)(F)F)cn23)cc1. The summed E-state index contributed by atoms with van der Waals surface area (Å²) in [4.78, 5) is 12.1. The maximum absolute atomic E-state index is 13.0. The fraction of sp³-hybridized carbons (Fsp3) is 0.235. The van der Waals surface area contributed by atoms with Crippen LogP contribution >= 0.6 is 23.4 Å². The lowest BCUT2D eigenvalue weighted by molar-refractivity contribution is -0.137. The van der Waals surface area contributed by atoms with Crippen molar-refractivity contribution in [1.82, 2.24) is 14.6 Å². The van der Waals surface area contributed by atoms with E-state index in [0.29, 0.717) is 5.69 Å². The van der Waals surface area contributed by atoms with E-state index in [4.69, 9.17) is 11.6 Å². The molecule has 1 aromatic carbocycles. The van der Waals surface area contributed by atoms with Crippen LogP contribution in [-0.4, -0.2) is 26.3 Å². The van der Waals surface area contributed by atoms with E-state index in [-0.39, 0.29) is 27.5 Å². The van der Waals surface area contributed by atoms with Crippen molar-refractivity contribution in [1.29, 1.82) is 0 Å².